The van der Waals surface area contributed by atoms with E-state index in [0.29, 0.717) is 10.8 Å². The Bertz CT molecular complexity index is 540. The number of fused-ring (bicyclic) bond motifs is 1. The monoisotopic (exact) mass is 243 g/mol. The quantitative estimate of drug-likeness (QED) is 0.815. The number of hydrogen-bond acceptors (Lipinski definition) is 4. The van der Waals surface area contributed by atoms with Gasteiger partial charge in [0, 0.05) is 6.20 Å². The van der Waals surface area contributed by atoms with Crippen molar-refractivity contribution in [2.75, 3.05) is 6.26 Å². The molecule has 2 heterocycles. The molecule has 0 aromatic carbocycles. The molecule has 5 nitrogen and oxygen atoms in total. The van der Waals surface area contributed by atoms with Gasteiger partial charge in [-0.3, -0.25) is 4.40 Å². The highest BCUT2D eigenvalue weighted by atomic mass is 35.5. The number of rotatable bonds is 2. The zero-order valence-electron chi connectivity index (χ0n) is 7.64. The minimum atomic E-state index is -1.07. The third-order valence-electron chi connectivity index (χ3n) is 1.90. The van der Waals surface area contributed by atoms with Gasteiger partial charge in [-0.2, -0.15) is 0 Å². The van der Waals surface area contributed by atoms with Crippen molar-refractivity contribution in [3.63, 3.8) is 0 Å². The second kappa shape index (κ2) is 3.71. The van der Waals surface area contributed by atoms with Crippen LogP contribution in [0.1, 0.15) is 10.4 Å². The van der Waals surface area contributed by atoms with Gasteiger partial charge in [-0.1, -0.05) is 23.4 Å². The lowest BCUT2D eigenvalue weighted by molar-refractivity contribution is 0.0697. The Hall–Kier alpha value is -1.27. The molecule has 0 spiro atoms. The van der Waals surface area contributed by atoms with Crippen LogP contribution in [0.5, 0.6) is 0 Å². The van der Waals surface area contributed by atoms with Gasteiger partial charge in [0.25, 0.3) is 0 Å². The van der Waals surface area contributed by atoms with E-state index in [1.165, 1.54) is 17.8 Å². The highest BCUT2D eigenvalue weighted by Gasteiger charge is 2.15. The van der Waals surface area contributed by atoms with E-state index >= 15 is 0 Å². The first-order chi connectivity index (χ1) is 7.15. The third kappa shape index (κ3) is 1.55. The first-order valence-corrected chi connectivity index (χ1v) is 5.56. The summed E-state index contributed by atoms with van der Waals surface area (Å²) in [6.07, 6.45) is 3.45. The van der Waals surface area contributed by atoms with Crippen molar-refractivity contribution in [1.82, 2.24) is 14.6 Å². The maximum atomic E-state index is 10.8. The summed E-state index contributed by atoms with van der Waals surface area (Å²) >= 11 is 7.30. The molecule has 0 aliphatic rings. The lowest BCUT2D eigenvalue weighted by atomic mass is 10.3. The molecule has 0 aliphatic carbocycles. The smallest absolute Gasteiger partial charge is 0.337 e. The van der Waals surface area contributed by atoms with Crippen LogP contribution in [0.25, 0.3) is 5.65 Å². The van der Waals surface area contributed by atoms with Crippen molar-refractivity contribution in [1.29, 1.82) is 0 Å². The fourth-order valence-corrected chi connectivity index (χ4v) is 1.95. The van der Waals surface area contributed by atoms with Gasteiger partial charge in [0.2, 0.25) is 0 Å². The van der Waals surface area contributed by atoms with Crippen molar-refractivity contribution in [3.05, 3.63) is 22.8 Å². The van der Waals surface area contributed by atoms with Crippen molar-refractivity contribution in [2.45, 2.75) is 5.16 Å². The van der Waals surface area contributed by atoms with Crippen LogP contribution in [0.4, 0.5) is 0 Å². The van der Waals surface area contributed by atoms with E-state index in [4.69, 9.17) is 16.7 Å². The summed E-state index contributed by atoms with van der Waals surface area (Å²) in [6, 6.07) is 1.43. The molecule has 0 fully saturated rings. The average Bonchev–Trinajstić information content (AvgIpc) is 2.61. The Labute approximate surface area is 94.1 Å². The van der Waals surface area contributed by atoms with Crippen molar-refractivity contribution in [2.24, 2.45) is 0 Å². The number of pyridine rings is 1. The summed E-state index contributed by atoms with van der Waals surface area (Å²) in [5.74, 6) is -1.07. The number of halogens is 1. The standard InChI is InChI=1S/C8H6ClN3O2S/c1-15-8-11-10-6-5(9)4(7(13)14)2-3-12(6)8/h2-3H,1H3,(H,13,14). The molecule has 0 saturated carbocycles. The van der Waals surface area contributed by atoms with Crippen LogP contribution in [0.2, 0.25) is 5.02 Å². The van der Waals surface area contributed by atoms with Crippen LogP contribution in [0.15, 0.2) is 17.4 Å². The largest absolute Gasteiger partial charge is 0.478 e. The van der Waals surface area contributed by atoms with Gasteiger partial charge in [0.15, 0.2) is 10.8 Å². The summed E-state index contributed by atoms with van der Waals surface area (Å²) in [5, 5.41) is 17.3. The van der Waals surface area contributed by atoms with Crippen LogP contribution in [-0.4, -0.2) is 31.9 Å². The van der Waals surface area contributed by atoms with Gasteiger partial charge in [-0.15, -0.1) is 10.2 Å². The molecule has 2 rings (SSSR count). The zero-order valence-corrected chi connectivity index (χ0v) is 9.21. The first kappa shape index (κ1) is 10.3. The van der Waals surface area contributed by atoms with Crippen molar-refractivity contribution >= 4 is 35.0 Å². The van der Waals surface area contributed by atoms with Crippen LogP contribution in [0, 0.1) is 0 Å². The van der Waals surface area contributed by atoms with E-state index in [1.54, 1.807) is 10.6 Å². The van der Waals surface area contributed by atoms with E-state index in [0.717, 1.165) is 0 Å². The van der Waals surface area contributed by atoms with Gasteiger partial charge >= 0.3 is 5.97 Å². The number of nitrogens with zero attached hydrogens (tertiary/aromatic N) is 3. The number of aromatic nitrogens is 3. The molecule has 0 unspecified atom stereocenters. The highest BCUT2D eigenvalue weighted by Crippen LogP contribution is 2.23. The average molecular weight is 244 g/mol. The molecule has 15 heavy (non-hydrogen) atoms. The second-order valence-electron chi connectivity index (χ2n) is 2.73. The Morgan fingerprint density at radius 2 is 2.33 bits per heavy atom. The van der Waals surface area contributed by atoms with Crippen LogP contribution in [-0.2, 0) is 0 Å². The molecule has 7 heteroatoms. The zero-order chi connectivity index (χ0) is 11.0. The van der Waals surface area contributed by atoms with Gasteiger partial charge in [-0.05, 0) is 12.3 Å². The molecule has 2 aromatic heterocycles. The number of carboxylic acids is 1. The maximum Gasteiger partial charge on any atom is 0.337 e. The van der Waals surface area contributed by atoms with E-state index in [2.05, 4.69) is 10.2 Å². The van der Waals surface area contributed by atoms with Gasteiger partial charge in [-0.25, -0.2) is 4.79 Å². The molecule has 0 bridgehead atoms. The second-order valence-corrected chi connectivity index (χ2v) is 3.88. The summed E-state index contributed by atoms with van der Waals surface area (Å²) in [4.78, 5) is 10.8. The summed E-state index contributed by atoms with van der Waals surface area (Å²) in [7, 11) is 0. The molecule has 0 aliphatic heterocycles. The summed E-state index contributed by atoms with van der Waals surface area (Å²) in [6.45, 7) is 0. The third-order valence-corrected chi connectivity index (χ3v) is 2.92. The molecular formula is C8H6ClN3O2S. The molecule has 78 valence electrons. The van der Waals surface area contributed by atoms with E-state index in [9.17, 15) is 4.79 Å². The van der Waals surface area contributed by atoms with Gasteiger partial charge in [0.05, 0.1) is 5.56 Å². The first-order valence-electron chi connectivity index (χ1n) is 3.95. The Kier molecular flexibility index (Phi) is 2.54. The topological polar surface area (TPSA) is 67.5 Å². The fraction of sp³-hybridized carbons (Fsp3) is 0.125. The Morgan fingerprint density at radius 1 is 1.60 bits per heavy atom. The van der Waals surface area contributed by atoms with Crippen LogP contribution >= 0.6 is 23.4 Å². The number of thioether (sulfide) groups is 1. The highest BCUT2D eigenvalue weighted by molar-refractivity contribution is 7.98. The number of aromatic carboxylic acids is 1. The molecular weight excluding hydrogens is 238 g/mol. The van der Waals surface area contributed by atoms with E-state index in [-0.39, 0.29) is 10.6 Å². The predicted molar refractivity (Wildman–Crippen MR) is 56.7 cm³/mol. The lowest BCUT2D eigenvalue weighted by Crippen LogP contribution is -2.00. The van der Waals surface area contributed by atoms with Crippen LogP contribution < -0.4 is 0 Å². The molecule has 0 radical (unpaired) electrons. The molecule has 0 atom stereocenters. The fourth-order valence-electron chi connectivity index (χ4n) is 1.21. The number of carboxylic acid groups (broad SMARTS) is 1. The number of hydrogen-bond donors (Lipinski definition) is 1. The lowest BCUT2D eigenvalue weighted by Gasteiger charge is -2.00. The molecule has 2 aromatic rings. The molecule has 0 saturated heterocycles. The Morgan fingerprint density at radius 3 is 2.93 bits per heavy atom. The minimum Gasteiger partial charge on any atom is -0.478 e. The minimum absolute atomic E-state index is 0.0317. The predicted octanol–water partition coefficient (Wildman–Crippen LogP) is 1.80. The Balaban J connectivity index is 2.75. The van der Waals surface area contributed by atoms with Gasteiger partial charge in [0.1, 0.15) is 5.02 Å². The van der Waals surface area contributed by atoms with Crippen molar-refractivity contribution < 1.29 is 9.90 Å². The normalized spacial score (nSPS) is 10.8. The van der Waals surface area contributed by atoms with E-state index in [1.807, 2.05) is 6.26 Å². The molecule has 1 N–H and O–H groups in total. The summed E-state index contributed by atoms with van der Waals surface area (Å²) in [5.41, 5.74) is 0.394. The van der Waals surface area contributed by atoms with E-state index < -0.39 is 5.97 Å². The summed E-state index contributed by atoms with van der Waals surface area (Å²) < 4.78 is 1.65. The molecule has 0 amide bonds. The maximum absolute atomic E-state index is 10.8. The van der Waals surface area contributed by atoms with Crippen LogP contribution in [0.3, 0.4) is 0 Å². The number of carbonyl (C=O) groups is 1. The SMILES string of the molecule is CSc1nnc2c(Cl)c(C(=O)O)ccn12. The van der Waals surface area contributed by atoms with Crippen molar-refractivity contribution in [3.8, 4) is 0 Å². The van der Waals surface area contributed by atoms with Gasteiger partial charge < -0.3 is 5.11 Å².